The van der Waals surface area contributed by atoms with Gasteiger partial charge in [-0.2, -0.15) is 0 Å². The molecule has 0 radical (unpaired) electrons. The van der Waals surface area contributed by atoms with Gasteiger partial charge in [0.25, 0.3) is 11.6 Å². The number of hydrogen-bond donors (Lipinski definition) is 0. The number of aromatic nitrogens is 2. The highest BCUT2D eigenvalue weighted by Gasteiger charge is 2.32. The van der Waals surface area contributed by atoms with E-state index < -0.39 is 4.92 Å². The molecule has 4 rings (SSSR count). The molecule has 2 aliphatic heterocycles. The second kappa shape index (κ2) is 8.23. The second-order valence-corrected chi connectivity index (χ2v) is 7.47. The Balaban J connectivity index is 1.50. The van der Waals surface area contributed by atoms with Crippen molar-refractivity contribution in [3.05, 3.63) is 52.1 Å². The smallest absolute Gasteiger partial charge is 0.293 e. The van der Waals surface area contributed by atoms with Gasteiger partial charge < -0.3 is 19.1 Å². The van der Waals surface area contributed by atoms with E-state index in [1.165, 1.54) is 12.3 Å². The Morgan fingerprint density at radius 1 is 1.23 bits per heavy atom. The number of benzene rings is 1. The largest absolute Gasteiger partial charge is 0.368 e. The Labute approximate surface area is 173 Å². The van der Waals surface area contributed by atoms with Crippen molar-refractivity contribution in [1.82, 2.24) is 14.5 Å². The topological polar surface area (TPSA) is 111 Å². The molecule has 2 fully saturated rings. The number of nitrogens with zero attached hydrogens (tertiary/aromatic N) is 5. The van der Waals surface area contributed by atoms with Gasteiger partial charge in [0.1, 0.15) is 11.8 Å². The summed E-state index contributed by atoms with van der Waals surface area (Å²) in [4.78, 5) is 44.1. The minimum Gasteiger partial charge on any atom is -0.368 e. The number of nitro benzene ring substituents is 1. The zero-order valence-corrected chi connectivity index (χ0v) is 16.7. The summed E-state index contributed by atoms with van der Waals surface area (Å²) in [5.41, 5.74) is 0.529. The van der Waals surface area contributed by atoms with Gasteiger partial charge in [0, 0.05) is 63.9 Å². The van der Waals surface area contributed by atoms with E-state index in [1.54, 1.807) is 34.8 Å². The van der Waals surface area contributed by atoms with Crippen LogP contribution in [0.15, 0.2) is 30.6 Å². The third-order valence-electron chi connectivity index (χ3n) is 5.60. The van der Waals surface area contributed by atoms with Gasteiger partial charge in [0.2, 0.25) is 5.78 Å². The molecule has 158 valence electrons. The molecule has 10 heteroatoms. The number of carbonyl (C=O) groups is 2. The maximum Gasteiger partial charge on any atom is 0.293 e. The molecule has 0 saturated carbocycles. The van der Waals surface area contributed by atoms with Crippen LogP contribution in [-0.2, 0) is 16.6 Å². The van der Waals surface area contributed by atoms with Gasteiger partial charge >= 0.3 is 0 Å². The third kappa shape index (κ3) is 3.78. The van der Waals surface area contributed by atoms with E-state index in [-0.39, 0.29) is 34.9 Å². The predicted octanol–water partition coefficient (Wildman–Crippen LogP) is 1.39. The molecule has 2 aliphatic rings. The van der Waals surface area contributed by atoms with Crippen molar-refractivity contribution in [3.8, 4) is 0 Å². The van der Waals surface area contributed by atoms with Crippen LogP contribution in [0, 0.1) is 10.1 Å². The summed E-state index contributed by atoms with van der Waals surface area (Å²) in [7, 11) is 1.69. The quantitative estimate of drug-likeness (QED) is 0.414. The highest BCUT2D eigenvalue weighted by atomic mass is 16.6. The molecule has 0 bridgehead atoms. The van der Waals surface area contributed by atoms with Crippen LogP contribution in [0.2, 0.25) is 0 Å². The summed E-state index contributed by atoms with van der Waals surface area (Å²) < 4.78 is 7.05. The van der Waals surface area contributed by atoms with Crippen LogP contribution in [0.5, 0.6) is 0 Å². The third-order valence-corrected chi connectivity index (χ3v) is 5.60. The number of nitro groups is 1. The lowest BCUT2D eigenvalue weighted by Crippen LogP contribution is -2.51. The maximum absolute atomic E-state index is 12.7. The summed E-state index contributed by atoms with van der Waals surface area (Å²) >= 11 is 0. The fraction of sp³-hybridized carbons (Fsp3) is 0.450. The van der Waals surface area contributed by atoms with Crippen molar-refractivity contribution < 1.29 is 19.2 Å². The first kappa shape index (κ1) is 20.0. The lowest BCUT2D eigenvalue weighted by Gasteiger charge is -2.36. The molecule has 30 heavy (non-hydrogen) atoms. The molecular weight excluding hydrogens is 390 g/mol. The highest BCUT2D eigenvalue weighted by Crippen LogP contribution is 2.31. The minimum absolute atomic E-state index is 0.00216. The molecule has 2 aromatic rings. The van der Waals surface area contributed by atoms with E-state index in [1.807, 2.05) is 4.90 Å². The number of ether oxygens (including phenoxy) is 1. The molecular formula is C20H23N5O5. The zero-order valence-electron chi connectivity index (χ0n) is 16.7. The lowest BCUT2D eigenvalue weighted by atomic mass is 10.1. The van der Waals surface area contributed by atoms with Crippen LogP contribution < -0.4 is 4.90 Å². The summed E-state index contributed by atoms with van der Waals surface area (Å²) in [5, 5.41) is 11.7. The van der Waals surface area contributed by atoms with Crippen molar-refractivity contribution in [1.29, 1.82) is 0 Å². The maximum atomic E-state index is 12.7. The van der Waals surface area contributed by atoms with Crippen molar-refractivity contribution >= 4 is 23.1 Å². The van der Waals surface area contributed by atoms with Crippen molar-refractivity contribution in [2.75, 3.05) is 37.7 Å². The molecule has 2 saturated heterocycles. The normalized spacial score (nSPS) is 19.2. The van der Waals surface area contributed by atoms with E-state index in [9.17, 15) is 19.7 Å². The Kier molecular flexibility index (Phi) is 5.49. The number of amides is 1. The molecule has 1 aromatic carbocycles. The van der Waals surface area contributed by atoms with E-state index in [0.717, 1.165) is 12.8 Å². The van der Waals surface area contributed by atoms with Crippen LogP contribution >= 0.6 is 0 Å². The summed E-state index contributed by atoms with van der Waals surface area (Å²) in [6, 6.07) is 4.49. The Morgan fingerprint density at radius 3 is 2.60 bits per heavy atom. The van der Waals surface area contributed by atoms with E-state index in [4.69, 9.17) is 4.74 Å². The molecule has 1 atom stereocenters. The van der Waals surface area contributed by atoms with Gasteiger partial charge in [-0.15, -0.1) is 0 Å². The zero-order chi connectivity index (χ0) is 21.3. The molecule has 10 nitrogen and oxygen atoms in total. The highest BCUT2D eigenvalue weighted by molar-refractivity contribution is 6.07. The molecule has 1 unspecified atom stereocenters. The van der Waals surface area contributed by atoms with Crippen LogP contribution in [0.3, 0.4) is 0 Å². The predicted molar refractivity (Wildman–Crippen MR) is 108 cm³/mol. The van der Waals surface area contributed by atoms with Gasteiger partial charge in [-0.05, 0) is 25.0 Å². The number of aryl methyl sites for hydroxylation is 1. The van der Waals surface area contributed by atoms with Crippen molar-refractivity contribution in [2.45, 2.75) is 18.9 Å². The number of carbonyl (C=O) groups excluding carboxylic acids is 2. The fourth-order valence-corrected chi connectivity index (χ4v) is 3.94. The first-order valence-corrected chi connectivity index (χ1v) is 9.91. The molecule has 0 aliphatic carbocycles. The molecule has 0 spiro atoms. The van der Waals surface area contributed by atoms with Crippen molar-refractivity contribution in [3.63, 3.8) is 0 Å². The van der Waals surface area contributed by atoms with Gasteiger partial charge in [-0.3, -0.25) is 19.7 Å². The first-order chi connectivity index (χ1) is 14.5. The van der Waals surface area contributed by atoms with Gasteiger partial charge in [-0.1, -0.05) is 0 Å². The number of rotatable bonds is 5. The van der Waals surface area contributed by atoms with Gasteiger partial charge in [0.05, 0.1) is 4.92 Å². The van der Waals surface area contributed by atoms with Gasteiger partial charge in [-0.25, -0.2) is 4.98 Å². The summed E-state index contributed by atoms with van der Waals surface area (Å²) in [6.45, 7) is 2.53. The van der Waals surface area contributed by atoms with E-state index >= 15 is 0 Å². The number of piperazine rings is 1. The first-order valence-electron chi connectivity index (χ1n) is 9.91. The van der Waals surface area contributed by atoms with Crippen LogP contribution in [0.1, 0.15) is 29.0 Å². The van der Waals surface area contributed by atoms with Crippen LogP contribution in [0.4, 0.5) is 11.4 Å². The van der Waals surface area contributed by atoms with E-state index in [0.29, 0.717) is 38.5 Å². The SMILES string of the molecule is Cn1ccnc1C(=O)c1ccc(N2CCN(C(=O)C3CCCO3)CC2)c([N+](=O)[O-])c1. The number of ketones is 1. The Bertz CT molecular complexity index is 974. The number of anilines is 1. The molecule has 1 aromatic heterocycles. The molecule has 1 amide bonds. The Morgan fingerprint density at radius 2 is 2.00 bits per heavy atom. The average Bonchev–Trinajstić information content (AvgIpc) is 3.44. The Hall–Kier alpha value is -3.27. The minimum atomic E-state index is -0.478. The second-order valence-electron chi connectivity index (χ2n) is 7.47. The number of hydrogen-bond acceptors (Lipinski definition) is 7. The molecule has 3 heterocycles. The van der Waals surface area contributed by atoms with Crippen LogP contribution in [-0.4, -0.2) is 70.0 Å². The van der Waals surface area contributed by atoms with Crippen molar-refractivity contribution in [2.24, 2.45) is 7.05 Å². The standard InChI is InChI=1S/C20H23N5O5/c1-22-7-6-21-19(22)18(26)14-4-5-15(16(13-14)25(28)29)23-8-10-24(11-9-23)20(27)17-3-2-12-30-17/h4-7,13,17H,2-3,8-12H2,1H3. The van der Waals surface area contributed by atoms with Crippen LogP contribution in [0.25, 0.3) is 0 Å². The summed E-state index contributed by atoms with van der Waals surface area (Å²) in [6.07, 6.45) is 4.44. The fourth-order valence-electron chi connectivity index (χ4n) is 3.94. The number of imidazole rings is 1. The summed E-state index contributed by atoms with van der Waals surface area (Å²) in [5.74, 6) is -0.153. The van der Waals surface area contributed by atoms with Gasteiger partial charge in [0.15, 0.2) is 5.82 Å². The monoisotopic (exact) mass is 413 g/mol. The lowest BCUT2D eigenvalue weighted by molar-refractivity contribution is -0.384. The average molecular weight is 413 g/mol. The molecule has 0 N–H and O–H groups in total. The van der Waals surface area contributed by atoms with E-state index in [2.05, 4.69) is 4.98 Å².